The number of nitriles is 1. The minimum Gasteiger partial charge on any atom is -0.511 e. The van der Waals surface area contributed by atoms with Crippen molar-refractivity contribution in [1.29, 1.82) is 5.26 Å². The van der Waals surface area contributed by atoms with Crippen molar-refractivity contribution in [3.8, 4) is 6.07 Å². The van der Waals surface area contributed by atoms with Crippen molar-refractivity contribution in [2.45, 2.75) is 6.92 Å². The molecule has 0 atom stereocenters. The van der Waals surface area contributed by atoms with E-state index in [1.54, 1.807) is 0 Å². The fourth-order valence-electron chi connectivity index (χ4n) is 0.178. The third kappa shape index (κ3) is 1.43. The van der Waals surface area contributed by atoms with Gasteiger partial charge in [-0.15, -0.1) is 0 Å². The number of aliphatic hydroxyl groups is 1. The Bertz CT molecular complexity index is 160. The van der Waals surface area contributed by atoms with E-state index in [-0.39, 0.29) is 11.3 Å². The molecule has 0 spiro atoms. The highest BCUT2D eigenvalue weighted by molar-refractivity contribution is 5.80. The van der Waals surface area contributed by atoms with Crippen LogP contribution in [-0.2, 0) is 4.79 Å². The number of rotatable bonds is 1. The lowest BCUT2D eigenvalue weighted by Crippen LogP contribution is -1.83. The number of hydrogen-bond donors (Lipinski definition) is 1. The van der Waals surface area contributed by atoms with Crippen molar-refractivity contribution in [1.82, 2.24) is 0 Å². The molecule has 0 fully saturated rings. The first kappa shape index (κ1) is 6.70. The van der Waals surface area contributed by atoms with Gasteiger partial charge in [-0.1, -0.05) is 0 Å². The van der Waals surface area contributed by atoms with Gasteiger partial charge < -0.3 is 5.11 Å². The Kier molecular flexibility index (Phi) is 2.35. The zero-order valence-electron chi connectivity index (χ0n) is 4.30. The first-order valence-corrected chi connectivity index (χ1v) is 1.90. The fraction of sp³-hybridized carbons (Fsp3) is 0.200. The van der Waals surface area contributed by atoms with Crippen LogP contribution in [0.1, 0.15) is 6.92 Å². The highest BCUT2D eigenvalue weighted by atomic mass is 16.3. The summed E-state index contributed by atoms with van der Waals surface area (Å²) in [7, 11) is 0. The molecule has 3 heteroatoms. The van der Waals surface area contributed by atoms with Crippen LogP contribution < -0.4 is 0 Å². The first-order chi connectivity index (χ1) is 3.72. The van der Waals surface area contributed by atoms with Crippen LogP contribution in [-0.4, -0.2) is 11.4 Å². The normalized spacial score (nSPS) is 11.5. The zero-order chi connectivity index (χ0) is 6.57. The summed E-state index contributed by atoms with van der Waals surface area (Å²) in [6, 6.07) is 1.46. The van der Waals surface area contributed by atoms with E-state index in [1.807, 2.05) is 0 Å². The Balaban J connectivity index is 4.38. The predicted molar refractivity (Wildman–Crippen MR) is 26.6 cm³/mol. The second kappa shape index (κ2) is 2.80. The smallest absolute Gasteiger partial charge is 0.248 e. The molecule has 0 rings (SSSR count). The molecule has 0 aromatic rings. The molecule has 41 valence electrons. The fourth-order valence-corrected chi connectivity index (χ4v) is 0.178. The van der Waals surface area contributed by atoms with Crippen molar-refractivity contribution >= 4 is 6.29 Å². The van der Waals surface area contributed by atoms with Crippen molar-refractivity contribution in [3.63, 3.8) is 0 Å². The maximum Gasteiger partial charge on any atom is 0.248 e. The molecule has 0 aromatic carbocycles. The third-order valence-electron chi connectivity index (χ3n) is 0.576. The second-order valence-corrected chi connectivity index (χ2v) is 1.17. The van der Waals surface area contributed by atoms with Gasteiger partial charge in [-0.25, -0.2) is 0 Å². The topological polar surface area (TPSA) is 61.1 Å². The molecule has 8 heavy (non-hydrogen) atoms. The highest BCUT2D eigenvalue weighted by Crippen LogP contribution is 1.92. The van der Waals surface area contributed by atoms with Crippen LogP contribution in [0.25, 0.3) is 0 Å². The van der Waals surface area contributed by atoms with E-state index in [2.05, 4.69) is 0 Å². The molecular weight excluding hydrogens is 106 g/mol. The molecule has 0 unspecified atom stereocenters. The van der Waals surface area contributed by atoms with Gasteiger partial charge in [-0.05, 0) is 6.92 Å². The van der Waals surface area contributed by atoms with Crippen LogP contribution >= 0.6 is 0 Å². The lowest BCUT2D eigenvalue weighted by Gasteiger charge is -1.82. The highest BCUT2D eigenvalue weighted by Gasteiger charge is 1.95. The minimum absolute atomic E-state index is 0.289. The van der Waals surface area contributed by atoms with Crippen molar-refractivity contribution in [2.75, 3.05) is 0 Å². The molecule has 1 radical (unpaired) electrons. The van der Waals surface area contributed by atoms with E-state index in [0.29, 0.717) is 0 Å². The summed E-state index contributed by atoms with van der Waals surface area (Å²) < 4.78 is 0. The summed E-state index contributed by atoms with van der Waals surface area (Å²) in [5.41, 5.74) is -0.343. The molecule has 0 saturated carbocycles. The molecular formula is C5H4NO2. The number of nitrogens with zero attached hydrogens (tertiary/aromatic N) is 1. The Morgan fingerprint density at radius 2 is 2.25 bits per heavy atom. The van der Waals surface area contributed by atoms with Crippen LogP contribution in [0.3, 0.4) is 0 Å². The minimum atomic E-state index is -0.343. The maximum absolute atomic E-state index is 9.61. The average molecular weight is 110 g/mol. The maximum atomic E-state index is 9.61. The summed E-state index contributed by atoms with van der Waals surface area (Å²) in [6.45, 7) is 1.25. The Morgan fingerprint density at radius 1 is 1.75 bits per heavy atom. The van der Waals surface area contributed by atoms with Crippen LogP contribution in [0.15, 0.2) is 11.3 Å². The number of aliphatic hydroxyl groups excluding tert-OH is 1. The summed E-state index contributed by atoms with van der Waals surface area (Å²) >= 11 is 0. The summed E-state index contributed by atoms with van der Waals surface area (Å²) in [5.74, 6) is -0.289. The third-order valence-corrected chi connectivity index (χ3v) is 0.576. The van der Waals surface area contributed by atoms with Crippen LogP contribution in [0.4, 0.5) is 0 Å². The largest absolute Gasteiger partial charge is 0.511 e. The lowest BCUT2D eigenvalue weighted by molar-refractivity contribution is 0.411. The van der Waals surface area contributed by atoms with Gasteiger partial charge in [0.2, 0.25) is 6.29 Å². The van der Waals surface area contributed by atoms with Gasteiger partial charge in [-0.2, -0.15) is 5.26 Å². The van der Waals surface area contributed by atoms with E-state index in [0.717, 1.165) is 0 Å². The van der Waals surface area contributed by atoms with Crippen molar-refractivity contribution in [3.05, 3.63) is 11.3 Å². The average Bonchev–Trinajstić information content (AvgIpc) is 1.69. The summed E-state index contributed by atoms with van der Waals surface area (Å²) in [6.07, 6.45) is 1.27. The van der Waals surface area contributed by atoms with E-state index < -0.39 is 0 Å². The molecule has 0 heterocycles. The molecule has 3 nitrogen and oxygen atoms in total. The van der Waals surface area contributed by atoms with Gasteiger partial charge >= 0.3 is 0 Å². The van der Waals surface area contributed by atoms with Gasteiger partial charge in [0, 0.05) is 0 Å². The second-order valence-electron chi connectivity index (χ2n) is 1.17. The van der Waals surface area contributed by atoms with Gasteiger partial charge in [-0.3, -0.25) is 4.79 Å². The monoisotopic (exact) mass is 110 g/mol. The molecule has 0 saturated heterocycles. The Labute approximate surface area is 46.9 Å². The summed E-state index contributed by atoms with van der Waals surface area (Å²) in [4.78, 5) is 9.61. The van der Waals surface area contributed by atoms with Gasteiger partial charge in [0.05, 0.1) is 0 Å². The lowest BCUT2D eigenvalue weighted by atomic mass is 10.3. The van der Waals surface area contributed by atoms with E-state index in [4.69, 9.17) is 10.4 Å². The SMILES string of the molecule is C/C(O)=C(\[C]=O)C#N. The van der Waals surface area contributed by atoms with Gasteiger partial charge in [0.15, 0.2) is 0 Å². The van der Waals surface area contributed by atoms with Gasteiger partial charge in [0.25, 0.3) is 0 Å². The first-order valence-electron chi connectivity index (χ1n) is 1.90. The van der Waals surface area contributed by atoms with E-state index >= 15 is 0 Å². The van der Waals surface area contributed by atoms with E-state index in [9.17, 15) is 4.79 Å². The Morgan fingerprint density at radius 3 is 2.25 bits per heavy atom. The predicted octanol–water partition coefficient (Wildman–Crippen LogP) is 0.452. The molecule has 0 aliphatic heterocycles. The number of allylic oxidation sites excluding steroid dienone is 2. The molecule has 0 aromatic heterocycles. The van der Waals surface area contributed by atoms with Crippen LogP contribution in [0.2, 0.25) is 0 Å². The zero-order valence-corrected chi connectivity index (χ0v) is 4.30. The number of carbonyl (C=O) groups excluding carboxylic acids is 1. The van der Waals surface area contributed by atoms with Crippen molar-refractivity contribution in [2.24, 2.45) is 0 Å². The molecule has 1 N–H and O–H groups in total. The van der Waals surface area contributed by atoms with Crippen LogP contribution in [0.5, 0.6) is 0 Å². The number of hydrogen-bond acceptors (Lipinski definition) is 3. The molecule has 0 amide bonds. The van der Waals surface area contributed by atoms with E-state index in [1.165, 1.54) is 19.3 Å². The van der Waals surface area contributed by atoms with Gasteiger partial charge in [0.1, 0.15) is 17.4 Å². The van der Waals surface area contributed by atoms with Crippen molar-refractivity contribution < 1.29 is 9.90 Å². The standard InChI is InChI=1S/C5H4NO2/c1-4(8)5(2-6)3-7/h8H,1H3/b5-4+. The summed E-state index contributed by atoms with van der Waals surface area (Å²) in [5, 5.41) is 16.4. The molecule has 0 bridgehead atoms. The molecule has 0 aliphatic carbocycles. The van der Waals surface area contributed by atoms with Crippen LogP contribution in [0, 0.1) is 11.3 Å². The molecule has 0 aliphatic rings. The Hall–Kier alpha value is -1.30. The quantitative estimate of drug-likeness (QED) is 0.303.